The fourth-order valence-electron chi connectivity index (χ4n) is 2.60. The van der Waals surface area contributed by atoms with E-state index in [4.69, 9.17) is 22.1 Å². The average Bonchev–Trinajstić information content (AvgIpc) is 2.57. The van der Waals surface area contributed by atoms with Gasteiger partial charge in [-0.05, 0) is 24.7 Å². The van der Waals surface area contributed by atoms with E-state index >= 15 is 0 Å². The highest BCUT2D eigenvalue weighted by atomic mass is 35.5. The van der Waals surface area contributed by atoms with Crippen LogP contribution in [0.25, 0.3) is 0 Å². The van der Waals surface area contributed by atoms with Gasteiger partial charge in [0.2, 0.25) is 5.91 Å². The maximum Gasteiger partial charge on any atom is 0.222 e. The van der Waals surface area contributed by atoms with Crippen molar-refractivity contribution in [3.05, 3.63) is 34.9 Å². The predicted octanol–water partition coefficient (Wildman–Crippen LogP) is 3.05. The van der Waals surface area contributed by atoms with Crippen LogP contribution in [0.3, 0.4) is 0 Å². The molecule has 0 bridgehead atoms. The van der Waals surface area contributed by atoms with Gasteiger partial charge in [0.15, 0.2) is 0 Å². The molecule has 0 radical (unpaired) electrons. The van der Waals surface area contributed by atoms with Crippen LogP contribution in [0.1, 0.15) is 31.9 Å². The Balaban J connectivity index is 0. The zero-order valence-electron chi connectivity index (χ0n) is 15.0. The summed E-state index contributed by atoms with van der Waals surface area (Å²) >= 11 is 6.35. The van der Waals surface area contributed by atoms with Crippen molar-refractivity contribution in [3.8, 4) is 0 Å². The van der Waals surface area contributed by atoms with Gasteiger partial charge in [0, 0.05) is 25.2 Å². The summed E-state index contributed by atoms with van der Waals surface area (Å²) in [5.74, 6) is -0.0634. The third-order valence-corrected chi connectivity index (χ3v) is 4.36. The molecule has 1 amide bonds. The molecule has 0 fully saturated rings. The van der Waals surface area contributed by atoms with Crippen LogP contribution >= 0.6 is 36.4 Å². The standard InChI is InChI=1S/C17H28ClN3O2.2ClH/c1-4-21(5-2)16(14-8-6-7-9-15(14)18)12-20-17(22)10-13(11-19)23-3;;/h6-9,13,16H,4-5,10-12,19H2,1-3H3,(H,20,22);2*1H. The number of ether oxygens (including phenoxy) is 1. The molecule has 2 atom stereocenters. The molecule has 0 aromatic heterocycles. The number of nitrogens with zero attached hydrogens (tertiary/aromatic N) is 1. The summed E-state index contributed by atoms with van der Waals surface area (Å²) in [6.45, 7) is 6.80. The number of carbonyl (C=O) groups is 1. The van der Waals surface area contributed by atoms with E-state index < -0.39 is 0 Å². The number of rotatable bonds is 10. The number of amides is 1. The first-order chi connectivity index (χ1) is 11.1. The molecule has 0 aliphatic rings. The lowest BCUT2D eigenvalue weighted by Gasteiger charge is -2.31. The summed E-state index contributed by atoms with van der Waals surface area (Å²) in [6, 6.07) is 7.81. The Morgan fingerprint density at radius 2 is 1.88 bits per heavy atom. The van der Waals surface area contributed by atoms with Crippen LogP contribution in [0.15, 0.2) is 24.3 Å². The van der Waals surface area contributed by atoms with E-state index in [9.17, 15) is 4.79 Å². The minimum Gasteiger partial charge on any atom is -0.380 e. The van der Waals surface area contributed by atoms with Gasteiger partial charge >= 0.3 is 0 Å². The fourth-order valence-corrected chi connectivity index (χ4v) is 2.86. The monoisotopic (exact) mass is 413 g/mol. The second-order valence-electron chi connectivity index (χ2n) is 5.36. The molecule has 146 valence electrons. The molecular weight excluding hydrogens is 385 g/mol. The van der Waals surface area contributed by atoms with Crippen molar-refractivity contribution in [1.29, 1.82) is 0 Å². The highest BCUT2D eigenvalue weighted by molar-refractivity contribution is 6.31. The van der Waals surface area contributed by atoms with E-state index in [2.05, 4.69) is 24.1 Å². The molecule has 1 rings (SSSR count). The largest absolute Gasteiger partial charge is 0.380 e. The Morgan fingerprint density at radius 1 is 1.28 bits per heavy atom. The molecular formula is C17H30Cl3N3O2. The van der Waals surface area contributed by atoms with E-state index in [1.54, 1.807) is 7.11 Å². The molecule has 25 heavy (non-hydrogen) atoms. The summed E-state index contributed by atoms with van der Waals surface area (Å²) in [4.78, 5) is 14.4. The van der Waals surface area contributed by atoms with Crippen LogP contribution in [0.5, 0.6) is 0 Å². The highest BCUT2D eigenvalue weighted by Crippen LogP contribution is 2.26. The number of likely N-dealkylation sites (N-methyl/N-ethyl adjacent to an activating group) is 1. The van der Waals surface area contributed by atoms with Crippen molar-refractivity contribution in [3.63, 3.8) is 0 Å². The van der Waals surface area contributed by atoms with Crippen LogP contribution in [0.4, 0.5) is 0 Å². The van der Waals surface area contributed by atoms with Crippen LogP contribution in [-0.4, -0.2) is 50.2 Å². The fraction of sp³-hybridized carbons (Fsp3) is 0.588. The lowest BCUT2D eigenvalue weighted by Crippen LogP contribution is -2.39. The van der Waals surface area contributed by atoms with E-state index in [0.29, 0.717) is 13.1 Å². The molecule has 1 aromatic carbocycles. The second-order valence-corrected chi connectivity index (χ2v) is 5.77. The summed E-state index contributed by atoms with van der Waals surface area (Å²) in [7, 11) is 1.56. The zero-order valence-corrected chi connectivity index (χ0v) is 17.4. The molecule has 8 heteroatoms. The molecule has 0 aliphatic heterocycles. The SMILES string of the molecule is CCN(CC)C(CNC(=O)CC(CN)OC)c1ccccc1Cl.Cl.Cl. The Labute approximate surface area is 168 Å². The van der Waals surface area contributed by atoms with Gasteiger partial charge in [-0.2, -0.15) is 0 Å². The first kappa shape index (κ1) is 26.7. The van der Waals surface area contributed by atoms with Gasteiger partial charge in [-0.3, -0.25) is 9.69 Å². The second kappa shape index (κ2) is 14.6. The van der Waals surface area contributed by atoms with Crippen LogP contribution in [-0.2, 0) is 9.53 Å². The minimum atomic E-state index is -0.248. The zero-order chi connectivity index (χ0) is 17.2. The first-order valence-electron chi connectivity index (χ1n) is 8.05. The van der Waals surface area contributed by atoms with Crippen LogP contribution in [0, 0.1) is 0 Å². The van der Waals surface area contributed by atoms with Gasteiger partial charge in [0.25, 0.3) is 0 Å². The van der Waals surface area contributed by atoms with Crippen LogP contribution in [0.2, 0.25) is 5.02 Å². The number of benzene rings is 1. The number of hydrogen-bond donors (Lipinski definition) is 2. The average molecular weight is 415 g/mol. The molecule has 1 aromatic rings. The molecule has 0 aliphatic carbocycles. The van der Waals surface area contributed by atoms with Gasteiger partial charge in [-0.15, -0.1) is 24.8 Å². The normalized spacial score (nSPS) is 12.7. The smallest absolute Gasteiger partial charge is 0.222 e. The highest BCUT2D eigenvalue weighted by Gasteiger charge is 2.21. The molecule has 0 spiro atoms. The minimum absolute atomic E-state index is 0. The van der Waals surface area contributed by atoms with Crippen molar-refractivity contribution < 1.29 is 9.53 Å². The summed E-state index contributed by atoms with van der Waals surface area (Å²) in [5.41, 5.74) is 6.59. The molecule has 3 N–H and O–H groups in total. The maximum atomic E-state index is 12.1. The van der Waals surface area contributed by atoms with Crippen molar-refractivity contribution in [2.24, 2.45) is 5.73 Å². The number of methoxy groups -OCH3 is 1. The predicted molar refractivity (Wildman–Crippen MR) is 109 cm³/mol. The Kier molecular flexibility index (Phi) is 15.6. The van der Waals surface area contributed by atoms with Gasteiger partial charge in [-0.1, -0.05) is 43.6 Å². The van der Waals surface area contributed by atoms with Crippen molar-refractivity contribution >= 4 is 42.3 Å². The lowest BCUT2D eigenvalue weighted by atomic mass is 10.0. The van der Waals surface area contributed by atoms with Crippen LogP contribution < -0.4 is 11.1 Å². The number of hydrogen-bond acceptors (Lipinski definition) is 4. The van der Waals surface area contributed by atoms with Gasteiger partial charge in [0.05, 0.1) is 18.6 Å². The van der Waals surface area contributed by atoms with E-state index in [1.165, 1.54) is 0 Å². The van der Waals surface area contributed by atoms with Crippen molar-refractivity contribution in [1.82, 2.24) is 10.2 Å². The maximum absolute atomic E-state index is 12.1. The molecule has 0 saturated heterocycles. The van der Waals surface area contributed by atoms with E-state index in [1.807, 2.05) is 24.3 Å². The molecule has 2 unspecified atom stereocenters. The third kappa shape index (κ3) is 8.58. The van der Waals surface area contributed by atoms with E-state index in [0.717, 1.165) is 23.7 Å². The van der Waals surface area contributed by atoms with Gasteiger partial charge in [-0.25, -0.2) is 0 Å². The number of nitrogens with one attached hydrogen (secondary N) is 1. The summed E-state index contributed by atoms with van der Waals surface area (Å²) < 4.78 is 5.15. The van der Waals surface area contributed by atoms with Crippen molar-refractivity contribution in [2.45, 2.75) is 32.4 Å². The number of halogens is 3. The Bertz CT molecular complexity index is 484. The molecule has 0 saturated carbocycles. The molecule has 0 heterocycles. The number of nitrogens with two attached hydrogens (primary N) is 1. The number of carbonyl (C=O) groups excluding carboxylic acids is 1. The van der Waals surface area contributed by atoms with Gasteiger partial charge < -0.3 is 15.8 Å². The van der Waals surface area contributed by atoms with Gasteiger partial charge in [0.1, 0.15) is 0 Å². The lowest BCUT2D eigenvalue weighted by molar-refractivity contribution is -0.123. The molecule has 5 nitrogen and oxygen atoms in total. The quantitative estimate of drug-likeness (QED) is 0.617. The summed E-state index contributed by atoms with van der Waals surface area (Å²) in [6.07, 6.45) is 0.0164. The third-order valence-electron chi connectivity index (χ3n) is 4.02. The summed E-state index contributed by atoms with van der Waals surface area (Å²) in [5, 5.41) is 3.70. The van der Waals surface area contributed by atoms with Crippen molar-refractivity contribution in [2.75, 3.05) is 33.3 Å². The van der Waals surface area contributed by atoms with E-state index in [-0.39, 0.29) is 49.3 Å². The Morgan fingerprint density at radius 3 is 2.36 bits per heavy atom. The Hall–Kier alpha value is -0.560. The topological polar surface area (TPSA) is 67.6 Å². The first-order valence-corrected chi connectivity index (χ1v) is 8.43.